The monoisotopic (exact) mass is 391 g/mol. The largest absolute Gasteiger partial charge is 0.368 e. The molecule has 2 heterocycles. The fourth-order valence-corrected chi connectivity index (χ4v) is 3.14. The average molecular weight is 391 g/mol. The Labute approximate surface area is 167 Å². The lowest BCUT2D eigenvalue weighted by atomic mass is 10.1. The number of nitrogens with zero attached hydrogens (tertiary/aromatic N) is 3. The molecule has 1 aliphatic rings. The molecule has 8 nitrogen and oxygen atoms in total. The van der Waals surface area contributed by atoms with Crippen LogP contribution >= 0.6 is 0 Å². The van der Waals surface area contributed by atoms with Crippen LogP contribution in [-0.2, 0) is 16.1 Å². The normalized spacial score (nSPS) is 15.8. The lowest BCUT2D eigenvalue weighted by molar-refractivity contribution is -0.124. The van der Waals surface area contributed by atoms with E-state index in [0.29, 0.717) is 30.1 Å². The Morgan fingerprint density at radius 3 is 2.69 bits per heavy atom. The molecule has 4 rings (SSSR count). The summed E-state index contributed by atoms with van der Waals surface area (Å²) >= 11 is 0. The van der Waals surface area contributed by atoms with Crippen LogP contribution in [0.2, 0.25) is 0 Å². The first-order valence-corrected chi connectivity index (χ1v) is 9.42. The molecule has 1 aliphatic heterocycles. The quantitative estimate of drug-likeness (QED) is 0.673. The van der Waals surface area contributed by atoms with Gasteiger partial charge in [-0.25, -0.2) is 9.67 Å². The second-order valence-electron chi connectivity index (χ2n) is 6.82. The van der Waals surface area contributed by atoms with Gasteiger partial charge in [0.05, 0.1) is 6.54 Å². The third-order valence-corrected chi connectivity index (χ3v) is 4.64. The number of hydrogen-bond acceptors (Lipinski definition) is 5. The number of anilines is 2. The molecule has 0 bridgehead atoms. The Balaban J connectivity index is 1.37. The minimum Gasteiger partial charge on any atom is -0.368 e. The van der Waals surface area contributed by atoms with Crippen molar-refractivity contribution in [3.05, 3.63) is 72.3 Å². The number of amides is 2. The van der Waals surface area contributed by atoms with E-state index in [1.165, 1.54) is 6.33 Å². The smallest absolute Gasteiger partial charge is 0.255 e. The Hall–Kier alpha value is -3.52. The van der Waals surface area contributed by atoms with Crippen LogP contribution in [0.5, 0.6) is 0 Å². The maximum atomic E-state index is 12.6. The van der Waals surface area contributed by atoms with Gasteiger partial charge in [0.2, 0.25) is 0 Å². The van der Waals surface area contributed by atoms with Gasteiger partial charge >= 0.3 is 0 Å². The molecule has 0 spiro atoms. The zero-order valence-corrected chi connectivity index (χ0v) is 15.7. The molecule has 2 amide bonds. The van der Waals surface area contributed by atoms with Crippen molar-refractivity contribution in [1.82, 2.24) is 14.8 Å². The van der Waals surface area contributed by atoms with E-state index in [-0.39, 0.29) is 11.8 Å². The van der Waals surface area contributed by atoms with Crippen LogP contribution in [0, 0.1) is 0 Å². The summed E-state index contributed by atoms with van der Waals surface area (Å²) in [5, 5.41) is 9.76. The number of carbonyl (C=O) groups excluding carboxylic acids is 2. The Morgan fingerprint density at radius 1 is 1.10 bits per heavy atom. The maximum absolute atomic E-state index is 12.6. The van der Waals surface area contributed by atoms with Crippen molar-refractivity contribution >= 4 is 23.2 Å². The fraction of sp³-hybridized carbons (Fsp3) is 0.238. The van der Waals surface area contributed by atoms with Crippen molar-refractivity contribution in [1.29, 1.82) is 0 Å². The van der Waals surface area contributed by atoms with Crippen LogP contribution in [-0.4, -0.2) is 39.3 Å². The predicted octanol–water partition coefficient (Wildman–Crippen LogP) is 2.70. The number of nitrogens with one attached hydrogen (secondary N) is 2. The van der Waals surface area contributed by atoms with E-state index in [9.17, 15) is 9.59 Å². The van der Waals surface area contributed by atoms with Crippen LogP contribution in [0.3, 0.4) is 0 Å². The van der Waals surface area contributed by atoms with E-state index in [1.54, 1.807) is 35.3 Å². The minimum atomic E-state index is -0.413. The molecule has 0 saturated carbocycles. The first-order valence-electron chi connectivity index (χ1n) is 9.42. The number of hydrogen-bond donors (Lipinski definition) is 2. The van der Waals surface area contributed by atoms with Crippen LogP contribution in [0.15, 0.2) is 61.2 Å². The molecule has 8 heteroatoms. The van der Waals surface area contributed by atoms with E-state index < -0.39 is 6.10 Å². The van der Waals surface area contributed by atoms with E-state index in [4.69, 9.17) is 4.74 Å². The van der Waals surface area contributed by atoms with E-state index >= 15 is 0 Å². The number of aromatic nitrogens is 3. The lowest BCUT2D eigenvalue weighted by Crippen LogP contribution is -2.27. The molecular weight excluding hydrogens is 370 g/mol. The van der Waals surface area contributed by atoms with Crippen molar-refractivity contribution in [2.45, 2.75) is 25.5 Å². The van der Waals surface area contributed by atoms with Gasteiger partial charge in [-0.1, -0.05) is 18.2 Å². The van der Waals surface area contributed by atoms with Gasteiger partial charge in [0.1, 0.15) is 18.8 Å². The lowest BCUT2D eigenvalue weighted by Gasteiger charge is -2.12. The number of benzene rings is 2. The van der Waals surface area contributed by atoms with Crippen molar-refractivity contribution < 1.29 is 14.3 Å². The molecule has 1 saturated heterocycles. The molecule has 2 N–H and O–H groups in total. The van der Waals surface area contributed by atoms with Crippen molar-refractivity contribution in [2.75, 3.05) is 17.2 Å². The third-order valence-electron chi connectivity index (χ3n) is 4.64. The Morgan fingerprint density at radius 2 is 1.97 bits per heavy atom. The van der Waals surface area contributed by atoms with Gasteiger partial charge in [0.15, 0.2) is 0 Å². The molecule has 148 valence electrons. The summed E-state index contributed by atoms with van der Waals surface area (Å²) in [5.74, 6) is -0.426. The van der Waals surface area contributed by atoms with E-state index in [2.05, 4.69) is 20.7 Å². The van der Waals surface area contributed by atoms with Crippen LogP contribution in [0.25, 0.3) is 0 Å². The second-order valence-corrected chi connectivity index (χ2v) is 6.82. The summed E-state index contributed by atoms with van der Waals surface area (Å²) < 4.78 is 7.11. The number of ether oxygens (including phenoxy) is 1. The standard InChI is InChI=1S/C21H21N5O3/c27-20(24-17-8-6-15(7-9-17)12-26-14-22-13-23-26)16-3-1-4-18(11-16)25-21(28)19-5-2-10-29-19/h1,3-4,6-9,11,13-14,19H,2,5,10,12H2,(H,24,27)(H,25,28)/t19-/m1/s1. The number of rotatable bonds is 6. The first-order chi connectivity index (χ1) is 14.2. The molecule has 0 radical (unpaired) electrons. The van der Waals surface area contributed by atoms with Crippen molar-refractivity contribution in [2.24, 2.45) is 0 Å². The van der Waals surface area contributed by atoms with E-state index in [0.717, 1.165) is 18.4 Å². The van der Waals surface area contributed by atoms with Crippen LogP contribution < -0.4 is 10.6 Å². The molecule has 0 unspecified atom stereocenters. The van der Waals surface area contributed by atoms with Gasteiger partial charge in [-0.15, -0.1) is 0 Å². The van der Waals surface area contributed by atoms with Gasteiger partial charge in [0.25, 0.3) is 11.8 Å². The van der Waals surface area contributed by atoms with Crippen molar-refractivity contribution in [3.63, 3.8) is 0 Å². The summed E-state index contributed by atoms with van der Waals surface area (Å²) in [6.07, 6.45) is 4.34. The van der Waals surface area contributed by atoms with Crippen LogP contribution in [0.1, 0.15) is 28.8 Å². The molecular formula is C21H21N5O3. The van der Waals surface area contributed by atoms with Gasteiger partial charge in [-0.05, 0) is 48.7 Å². The molecule has 1 fully saturated rings. The summed E-state index contributed by atoms with van der Waals surface area (Å²) in [5.41, 5.74) is 2.77. The first kappa shape index (κ1) is 18.8. The number of carbonyl (C=O) groups is 2. The second kappa shape index (κ2) is 8.66. The highest BCUT2D eigenvalue weighted by Gasteiger charge is 2.23. The topological polar surface area (TPSA) is 98.1 Å². The molecule has 1 aromatic heterocycles. The van der Waals surface area contributed by atoms with Gasteiger partial charge < -0.3 is 15.4 Å². The van der Waals surface area contributed by atoms with Gasteiger partial charge in [-0.3, -0.25) is 9.59 Å². The van der Waals surface area contributed by atoms with Crippen molar-refractivity contribution in [3.8, 4) is 0 Å². The molecule has 3 aromatic rings. The van der Waals surface area contributed by atoms with E-state index in [1.807, 2.05) is 24.3 Å². The van der Waals surface area contributed by atoms with Crippen LogP contribution in [0.4, 0.5) is 11.4 Å². The molecule has 2 aromatic carbocycles. The van der Waals surface area contributed by atoms with Gasteiger partial charge in [0, 0.05) is 23.5 Å². The maximum Gasteiger partial charge on any atom is 0.255 e. The summed E-state index contributed by atoms with van der Waals surface area (Å²) in [6.45, 7) is 1.22. The SMILES string of the molecule is O=C(Nc1ccc(Cn2cncn2)cc1)c1cccc(NC(=O)[C@H]2CCCO2)c1. The third kappa shape index (κ3) is 4.85. The molecule has 29 heavy (non-hydrogen) atoms. The highest BCUT2D eigenvalue weighted by molar-refractivity contribution is 6.05. The zero-order valence-electron chi connectivity index (χ0n) is 15.7. The highest BCUT2D eigenvalue weighted by Crippen LogP contribution is 2.17. The summed E-state index contributed by atoms with van der Waals surface area (Å²) in [6, 6.07) is 14.4. The average Bonchev–Trinajstić information content (AvgIpc) is 3.44. The van der Waals surface area contributed by atoms with Gasteiger partial charge in [-0.2, -0.15) is 5.10 Å². The highest BCUT2D eigenvalue weighted by atomic mass is 16.5. The molecule has 0 aliphatic carbocycles. The molecule has 1 atom stereocenters. The minimum absolute atomic E-state index is 0.178. The fourth-order valence-electron chi connectivity index (χ4n) is 3.14. The Bertz CT molecular complexity index is 980. The zero-order chi connectivity index (χ0) is 20.1. The summed E-state index contributed by atoms with van der Waals surface area (Å²) in [7, 11) is 0. The Kier molecular flexibility index (Phi) is 5.62. The summed E-state index contributed by atoms with van der Waals surface area (Å²) in [4.78, 5) is 28.7. The predicted molar refractivity (Wildman–Crippen MR) is 108 cm³/mol.